The Labute approximate surface area is 211 Å². The number of amides is 3. The number of hydrogen-bond acceptors (Lipinski definition) is 4. The molecule has 9 heteroatoms. The summed E-state index contributed by atoms with van der Waals surface area (Å²) in [6, 6.07) is 6.77. The number of fused-ring (bicyclic) bond motifs is 2. The Morgan fingerprint density at radius 2 is 2.03 bits per heavy atom. The molecule has 188 valence electrons. The van der Waals surface area contributed by atoms with Crippen molar-refractivity contribution in [3.63, 3.8) is 0 Å². The highest BCUT2D eigenvalue weighted by Gasteiger charge is 2.59. The van der Waals surface area contributed by atoms with Crippen molar-refractivity contribution >= 4 is 23.4 Å². The number of para-hydroxylation sites is 1. The third-order valence-electron chi connectivity index (χ3n) is 7.73. The Morgan fingerprint density at radius 3 is 2.67 bits per heavy atom. The summed E-state index contributed by atoms with van der Waals surface area (Å²) in [5, 5.41) is 7.27. The van der Waals surface area contributed by atoms with Crippen molar-refractivity contribution in [2.45, 2.75) is 69.6 Å². The Hall–Kier alpha value is -3.67. The van der Waals surface area contributed by atoms with Gasteiger partial charge in [0.15, 0.2) is 0 Å². The lowest BCUT2D eigenvalue weighted by Gasteiger charge is -2.31. The Bertz CT molecular complexity index is 1270. The fourth-order valence-corrected chi connectivity index (χ4v) is 5.39. The largest absolute Gasteiger partial charge is 0.330 e. The minimum atomic E-state index is -0.942. The van der Waals surface area contributed by atoms with Gasteiger partial charge in [0.05, 0.1) is 23.7 Å². The van der Waals surface area contributed by atoms with Gasteiger partial charge in [-0.05, 0) is 44.7 Å². The molecule has 1 saturated heterocycles. The van der Waals surface area contributed by atoms with Crippen LogP contribution in [0.15, 0.2) is 36.7 Å². The molecule has 0 unspecified atom stereocenters. The number of likely N-dealkylation sites (N-methyl/N-ethyl adjacent to an activating group) is 1. The predicted molar refractivity (Wildman–Crippen MR) is 134 cm³/mol. The second-order valence-electron chi connectivity index (χ2n) is 11.3. The molecule has 2 fully saturated rings. The van der Waals surface area contributed by atoms with Crippen molar-refractivity contribution in [1.29, 1.82) is 0 Å². The van der Waals surface area contributed by atoms with Gasteiger partial charge < -0.3 is 10.2 Å². The van der Waals surface area contributed by atoms with Gasteiger partial charge in [0.2, 0.25) is 5.91 Å². The Balaban J connectivity index is 1.43. The summed E-state index contributed by atoms with van der Waals surface area (Å²) in [5.41, 5.74) is 0.771. The zero-order chi connectivity index (χ0) is 25.8. The molecule has 2 aromatic rings. The average molecular weight is 489 g/mol. The monoisotopic (exact) mass is 488 g/mol. The molecule has 3 amide bonds. The molecule has 9 nitrogen and oxygen atoms in total. The third-order valence-corrected chi connectivity index (χ3v) is 7.73. The Morgan fingerprint density at radius 1 is 1.31 bits per heavy atom. The fourth-order valence-electron chi connectivity index (χ4n) is 5.39. The SMILES string of the molecule is [C-]#[N+][C@@H]1C[C@@]2(CN1C(=O)[C@H](CC1CC1)N(C)C(=O)c1cnn(C(C)(C)C)c1)C(=O)Nc1ccccc12. The highest BCUT2D eigenvalue weighted by atomic mass is 16.2. The summed E-state index contributed by atoms with van der Waals surface area (Å²) >= 11 is 0. The van der Waals surface area contributed by atoms with Crippen molar-refractivity contribution in [2.24, 2.45) is 5.92 Å². The highest BCUT2D eigenvalue weighted by molar-refractivity contribution is 6.07. The number of likely N-dealkylation sites (tertiary alicyclic amines) is 1. The van der Waals surface area contributed by atoms with Gasteiger partial charge in [0.25, 0.3) is 11.8 Å². The lowest BCUT2D eigenvalue weighted by molar-refractivity contribution is -0.136. The number of benzene rings is 1. The molecule has 1 aromatic heterocycles. The van der Waals surface area contributed by atoms with Gasteiger partial charge in [-0.25, -0.2) is 6.57 Å². The predicted octanol–water partition coefficient (Wildman–Crippen LogP) is 3.25. The van der Waals surface area contributed by atoms with Crippen molar-refractivity contribution < 1.29 is 14.4 Å². The molecule has 1 spiro atoms. The number of aromatic nitrogens is 2. The zero-order valence-electron chi connectivity index (χ0n) is 21.2. The molecule has 1 aromatic carbocycles. The van der Waals surface area contributed by atoms with E-state index < -0.39 is 17.6 Å². The van der Waals surface area contributed by atoms with Crippen LogP contribution in [0.3, 0.4) is 0 Å². The van der Waals surface area contributed by atoms with E-state index in [4.69, 9.17) is 6.57 Å². The van der Waals surface area contributed by atoms with Gasteiger partial charge in [-0.3, -0.25) is 28.8 Å². The van der Waals surface area contributed by atoms with Crippen LogP contribution in [0.4, 0.5) is 5.69 Å². The molecular formula is C27H32N6O3. The van der Waals surface area contributed by atoms with Crippen LogP contribution in [-0.2, 0) is 20.5 Å². The number of carbonyl (C=O) groups excluding carboxylic acids is 3. The summed E-state index contributed by atoms with van der Waals surface area (Å²) in [6.07, 6.45) is 5.34. The lowest BCUT2D eigenvalue weighted by atomic mass is 9.80. The van der Waals surface area contributed by atoms with Crippen LogP contribution in [0.1, 0.15) is 62.4 Å². The van der Waals surface area contributed by atoms with E-state index in [9.17, 15) is 14.4 Å². The first-order chi connectivity index (χ1) is 17.0. The first kappa shape index (κ1) is 24.0. The summed E-state index contributed by atoms with van der Waals surface area (Å²) < 4.78 is 1.74. The van der Waals surface area contributed by atoms with Crippen LogP contribution >= 0.6 is 0 Å². The molecule has 0 bridgehead atoms. The summed E-state index contributed by atoms with van der Waals surface area (Å²) in [6.45, 7) is 14.0. The van der Waals surface area contributed by atoms with Crippen molar-refractivity contribution in [2.75, 3.05) is 18.9 Å². The van der Waals surface area contributed by atoms with Gasteiger partial charge in [0, 0.05) is 25.5 Å². The molecule has 5 rings (SSSR count). The average Bonchev–Trinajstić information content (AvgIpc) is 3.27. The van der Waals surface area contributed by atoms with Crippen molar-refractivity contribution in [3.8, 4) is 0 Å². The van der Waals surface area contributed by atoms with Crippen LogP contribution in [0.25, 0.3) is 4.85 Å². The lowest BCUT2D eigenvalue weighted by Crippen LogP contribution is -2.51. The van der Waals surface area contributed by atoms with E-state index in [-0.39, 0.29) is 36.2 Å². The maximum atomic E-state index is 14.0. The van der Waals surface area contributed by atoms with Crippen LogP contribution in [0, 0.1) is 12.5 Å². The van der Waals surface area contributed by atoms with Gasteiger partial charge in [-0.1, -0.05) is 31.0 Å². The number of hydrogen-bond donors (Lipinski definition) is 1. The standard InChI is InChI=1S/C27H32N6O3/c1-26(2,3)33-15-18(14-29-33)23(34)31(5)21(12-17-10-11-17)24(35)32-16-27(13-22(32)28-4)19-8-6-7-9-20(19)30-25(27)36/h6-9,14-15,17,21-22H,10-13,16H2,1-3,5H3,(H,30,36)/t21-,22-,27-/m0/s1. The molecular weight excluding hydrogens is 456 g/mol. The van der Waals surface area contributed by atoms with E-state index in [0.29, 0.717) is 17.9 Å². The zero-order valence-corrected chi connectivity index (χ0v) is 21.2. The minimum absolute atomic E-state index is 0.132. The molecule has 1 aliphatic carbocycles. The number of nitrogens with zero attached hydrogens (tertiary/aromatic N) is 5. The fraction of sp³-hybridized carbons (Fsp3) is 0.519. The summed E-state index contributed by atoms with van der Waals surface area (Å²) in [5.74, 6) is -0.340. The smallest absolute Gasteiger partial charge is 0.302 e. The minimum Gasteiger partial charge on any atom is -0.330 e. The number of rotatable bonds is 5. The molecule has 36 heavy (non-hydrogen) atoms. The molecule has 2 aliphatic heterocycles. The van der Waals surface area contributed by atoms with E-state index in [1.807, 2.05) is 45.0 Å². The van der Waals surface area contributed by atoms with Gasteiger partial charge in [0.1, 0.15) is 11.5 Å². The van der Waals surface area contributed by atoms with Gasteiger partial charge in [-0.2, -0.15) is 5.10 Å². The molecule has 3 atom stereocenters. The maximum Gasteiger partial charge on any atom is 0.302 e. The van der Waals surface area contributed by atoms with E-state index in [0.717, 1.165) is 24.1 Å². The van der Waals surface area contributed by atoms with Gasteiger partial charge in [-0.15, -0.1) is 0 Å². The quantitative estimate of drug-likeness (QED) is 0.654. The highest BCUT2D eigenvalue weighted by Crippen LogP contribution is 2.47. The molecule has 3 aliphatic rings. The topological polar surface area (TPSA) is 91.9 Å². The second kappa shape index (κ2) is 8.47. The first-order valence-corrected chi connectivity index (χ1v) is 12.5. The molecule has 0 radical (unpaired) electrons. The van der Waals surface area contributed by atoms with Crippen LogP contribution < -0.4 is 5.32 Å². The number of anilines is 1. The summed E-state index contributed by atoms with van der Waals surface area (Å²) in [4.78, 5) is 47.4. The van der Waals surface area contributed by atoms with E-state index in [1.165, 1.54) is 16.0 Å². The van der Waals surface area contributed by atoms with Crippen LogP contribution in [-0.4, -0.2) is 63.1 Å². The third kappa shape index (κ3) is 3.94. The van der Waals surface area contributed by atoms with Crippen LogP contribution in [0.5, 0.6) is 0 Å². The molecule has 3 heterocycles. The number of carbonyl (C=O) groups is 3. The second-order valence-corrected chi connectivity index (χ2v) is 11.3. The number of nitrogens with one attached hydrogen (secondary N) is 1. The van der Waals surface area contributed by atoms with Crippen molar-refractivity contribution in [3.05, 3.63) is 59.2 Å². The van der Waals surface area contributed by atoms with Crippen molar-refractivity contribution in [1.82, 2.24) is 19.6 Å². The normalized spacial score (nSPS) is 23.8. The molecule has 1 saturated carbocycles. The van der Waals surface area contributed by atoms with Gasteiger partial charge >= 0.3 is 6.17 Å². The van der Waals surface area contributed by atoms with E-state index >= 15 is 0 Å². The maximum absolute atomic E-state index is 14.0. The first-order valence-electron chi connectivity index (χ1n) is 12.5. The van der Waals surface area contributed by atoms with E-state index in [1.54, 1.807) is 17.9 Å². The Kier molecular flexibility index (Phi) is 5.66. The van der Waals surface area contributed by atoms with E-state index in [2.05, 4.69) is 15.3 Å². The molecule has 1 N–H and O–H groups in total. The summed E-state index contributed by atoms with van der Waals surface area (Å²) in [7, 11) is 1.65. The van der Waals surface area contributed by atoms with Crippen LogP contribution in [0.2, 0.25) is 0 Å².